The lowest BCUT2D eigenvalue weighted by Crippen LogP contribution is -2.23. The predicted octanol–water partition coefficient (Wildman–Crippen LogP) is 15.5. The molecule has 0 bridgehead atoms. The summed E-state index contributed by atoms with van der Waals surface area (Å²) in [5, 5.41) is 12.9. The molecule has 0 fully saturated rings. The second-order valence-corrected chi connectivity index (χ2v) is 16.1. The molecule has 3 aromatic heterocycles. The molecule has 2 N–H and O–H groups in total. The van der Waals surface area contributed by atoms with Gasteiger partial charge in [0.15, 0.2) is 0 Å². The SMILES string of the molecule is CCCCCCCCCCCCCCCCCC([O])=O.CCCCCCCCCCCCCCCCc1ccc[nH]1.CCNC(=O)c1cccnc1C.c1ccncc1. The van der Waals surface area contributed by atoms with E-state index in [1.165, 1.54) is 185 Å². The predicted molar refractivity (Wildman–Crippen MR) is 251 cm³/mol. The molecule has 1 amide bonds. The van der Waals surface area contributed by atoms with Gasteiger partial charge in [0, 0.05) is 42.7 Å². The van der Waals surface area contributed by atoms with Crippen LogP contribution in [0.25, 0.3) is 0 Å². The first-order chi connectivity index (χ1) is 29.0. The van der Waals surface area contributed by atoms with Gasteiger partial charge in [-0.3, -0.25) is 14.8 Å². The van der Waals surface area contributed by atoms with E-state index in [1.54, 1.807) is 30.7 Å². The van der Waals surface area contributed by atoms with Crippen molar-refractivity contribution < 1.29 is 14.7 Å². The normalized spacial score (nSPS) is 10.4. The third-order valence-corrected chi connectivity index (χ3v) is 10.6. The molecule has 0 saturated carbocycles. The number of unbranched alkanes of at least 4 members (excludes halogenated alkanes) is 27. The Hall–Kier alpha value is -3.48. The Labute approximate surface area is 363 Å². The highest BCUT2D eigenvalue weighted by Gasteiger charge is 2.06. The number of amides is 1. The molecule has 7 heteroatoms. The van der Waals surface area contributed by atoms with Crippen molar-refractivity contribution in [3.05, 3.63) is 84.2 Å². The van der Waals surface area contributed by atoms with Crippen LogP contribution in [0.5, 0.6) is 0 Å². The van der Waals surface area contributed by atoms with E-state index in [4.69, 9.17) is 0 Å². The minimum absolute atomic E-state index is 0.0527. The van der Waals surface area contributed by atoms with Crippen molar-refractivity contribution in [3.8, 4) is 0 Å². The quantitative estimate of drug-likeness (QED) is 0.0597. The lowest BCUT2D eigenvalue weighted by atomic mass is 10.0. The van der Waals surface area contributed by atoms with Crippen LogP contribution in [-0.2, 0) is 16.3 Å². The van der Waals surface area contributed by atoms with Gasteiger partial charge >= 0.3 is 5.97 Å². The summed E-state index contributed by atoms with van der Waals surface area (Å²) in [6, 6.07) is 13.5. The van der Waals surface area contributed by atoms with E-state index < -0.39 is 5.97 Å². The smallest absolute Gasteiger partial charge is 0.355 e. The molecule has 0 unspecified atom stereocenters. The number of nitrogens with one attached hydrogen (secondary N) is 2. The summed E-state index contributed by atoms with van der Waals surface area (Å²) in [4.78, 5) is 32.6. The van der Waals surface area contributed by atoms with Crippen molar-refractivity contribution in [2.24, 2.45) is 0 Å². The van der Waals surface area contributed by atoms with Crippen LogP contribution in [-0.4, -0.2) is 33.4 Å². The summed E-state index contributed by atoms with van der Waals surface area (Å²) in [6.45, 7) is 8.92. The molecule has 0 aliphatic rings. The van der Waals surface area contributed by atoms with Crippen molar-refractivity contribution in [2.75, 3.05) is 6.54 Å². The highest BCUT2D eigenvalue weighted by molar-refractivity contribution is 5.95. The number of aromatic nitrogens is 3. The van der Waals surface area contributed by atoms with E-state index >= 15 is 0 Å². The fourth-order valence-electron chi connectivity index (χ4n) is 6.97. The molecular formula is C52H89N4O3. The summed E-state index contributed by atoms with van der Waals surface area (Å²) in [5.74, 6) is -0.956. The van der Waals surface area contributed by atoms with E-state index in [0.717, 1.165) is 18.5 Å². The molecule has 0 aliphatic heterocycles. The zero-order valence-corrected chi connectivity index (χ0v) is 38.6. The molecule has 1 radical (unpaired) electrons. The summed E-state index contributed by atoms with van der Waals surface area (Å²) >= 11 is 0. The van der Waals surface area contributed by atoms with Gasteiger partial charge in [0.2, 0.25) is 0 Å². The Kier molecular flexibility index (Phi) is 42.9. The molecule has 0 saturated heterocycles. The van der Waals surface area contributed by atoms with Gasteiger partial charge in [-0.15, -0.1) is 0 Å². The third kappa shape index (κ3) is 41.1. The largest absolute Gasteiger partial charge is 0.365 e. The van der Waals surface area contributed by atoms with Gasteiger partial charge in [-0.25, -0.2) is 9.90 Å². The number of nitrogens with zero attached hydrogens (tertiary/aromatic N) is 2. The van der Waals surface area contributed by atoms with Crippen LogP contribution in [0.2, 0.25) is 0 Å². The molecule has 0 spiro atoms. The molecule has 0 aromatic carbocycles. The Morgan fingerprint density at radius 3 is 1.31 bits per heavy atom. The summed E-state index contributed by atoms with van der Waals surface area (Å²) in [7, 11) is 0. The minimum Gasteiger partial charge on any atom is -0.365 e. The number of H-pyrrole nitrogens is 1. The lowest BCUT2D eigenvalue weighted by Gasteiger charge is -2.03. The average molecular weight is 818 g/mol. The van der Waals surface area contributed by atoms with E-state index in [1.807, 2.05) is 38.2 Å². The first-order valence-electron chi connectivity index (χ1n) is 24.3. The van der Waals surface area contributed by atoms with Gasteiger partial charge in [-0.1, -0.05) is 193 Å². The summed E-state index contributed by atoms with van der Waals surface area (Å²) in [6.07, 6.45) is 48.4. The number of hydrogen-bond donors (Lipinski definition) is 2. The zero-order chi connectivity index (χ0) is 43.1. The zero-order valence-electron chi connectivity index (χ0n) is 38.6. The van der Waals surface area contributed by atoms with E-state index in [-0.39, 0.29) is 12.3 Å². The molecular weight excluding hydrogens is 729 g/mol. The van der Waals surface area contributed by atoms with Crippen LogP contribution >= 0.6 is 0 Å². The van der Waals surface area contributed by atoms with Crippen molar-refractivity contribution >= 4 is 11.9 Å². The van der Waals surface area contributed by atoms with Gasteiger partial charge in [-0.05, 0) is 69.5 Å². The lowest BCUT2D eigenvalue weighted by molar-refractivity contribution is -0.143. The van der Waals surface area contributed by atoms with Crippen LogP contribution < -0.4 is 5.32 Å². The summed E-state index contributed by atoms with van der Waals surface area (Å²) < 4.78 is 0. The maximum atomic E-state index is 11.3. The number of aromatic amines is 1. The number of hydrogen-bond acceptors (Lipinski definition) is 4. The van der Waals surface area contributed by atoms with Crippen LogP contribution in [0, 0.1) is 6.92 Å². The molecule has 59 heavy (non-hydrogen) atoms. The second-order valence-electron chi connectivity index (χ2n) is 16.1. The Morgan fingerprint density at radius 1 is 0.525 bits per heavy atom. The third-order valence-electron chi connectivity index (χ3n) is 10.6. The Bertz CT molecular complexity index is 1240. The standard InChI is InChI=1S/C20H37N.C18H35O2.C9H12N2O.C5H5N/c1-2-3-4-5-6-7-8-9-10-11-12-13-14-15-17-20-18-16-19-21-20;1-2-3-4-5-6-7-8-9-10-11-12-13-14-15-16-17-18(19)20;1-3-10-9(12)8-5-4-6-11-7(8)2;1-2-4-6-5-3-1/h16,18-19,21H,2-15,17H2,1H3;2-17H2,1H3;4-6H,3H2,1-2H3,(H,10,12);1-5H. The molecule has 3 heterocycles. The minimum atomic E-state index is -0.903. The van der Waals surface area contributed by atoms with Crippen molar-refractivity contribution in [2.45, 2.75) is 227 Å². The van der Waals surface area contributed by atoms with E-state index in [0.29, 0.717) is 12.1 Å². The maximum absolute atomic E-state index is 11.3. The molecule has 3 rings (SSSR count). The van der Waals surface area contributed by atoms with Gasteiger partial charge in [-0.2, -0.15) is 0 Å². The maximum Gasteiger partial charge on any atom is 0.355 e. The second kappa shape index (κ2) is 45.6. The highest BCUT2D eigenvalue weighted by Crippen LogP contribution is 2.15. The molecule has 7 nitrogen and oxygen atoms in total. The number of carbonyl (C=O) groups excluding carboxylic acids is 2. The van der Waals surface area contributed by atoms with Crippen LogP contribution in [0.4, 0.5) is 0 Å². The number of pyridine rings is 2. The first kappa shape index (κ1) is 55.5. The van der Waals surface area contributed by atoms with Gasteiger partial charge in [0.25, 0.3) is 5.91 Å². The van der Waals surface area contributed by atoms with Crippen molar-refractivity contribution in [1.29, 1.82) is 0 Å². The van der Waals surface area contributed by atoms with Gasteiger partial charge in [0.05, 0.1) is 12.0 Å². The van der Waals surface area contributed by atoms with Crippen molar-refractivity contribution in [1.82, 2.24) is 20.3 Å². The number of rotatable bonds is 33. The van der Waals surface area contributed by atoms with Crippen LogP contribution in [0.1, 0.15) is 235 Å². The van der Waals surface area contributed by atoms with Crippen molar-refractivity contribution in [3.63, 3.8) is 0 Å². The number of aryl methyl sites for hydroxylation is 2. The molecule has 3 aromatic rings. The average Bonchev–Trinajstić information content (AvgIpc) is 3.78. The van der Waals surface area contributed by atoms with Gasteiger partial charge in [0.1, 0.15) is 0 Å². The molecule has 0 aliphatic carbocycles. The van der Waals surface area contributed by atoms with Crippen LogP contribution in [0.3, 0.4) is 0 Å². The van der Waals surface area contributed by atoms with E-state index in [2.05, 4.69) is 46.2 Å². The van der Waals surface area contributed by atoms with Gasteiger partial charge < -0.3 is 10.3 Å². The van der Waals surface area contributed by atoms with E-state index in [9.17, 15) is 14.7 Å². The fourth-order valence-corrected chi connectivity index (χ4v) is 6.97. The highest BCUT2D eigenvalue weighted by atomic mass is 16.4. The molecule has 335 valence electrons. The monoisotopic (exact) mass is 818 g/mol. The Balaban J connectivity index is 0.000000817. The molecule has 0 atom stereocenters. The topological polar surface area (TPSA) is 108 Å². The van der Waals surface area contributed by atoms with Crippen LogP contribution in [0.15, 0.2) is 67.3 Å². The summed E-state index contributed by atoms with van der Waals surface area (Å²) in [5.41, 5.74) is 2.82. The fraction of sp³-hybridized carbons (Fsp3) is 0.692. The first-order valence-corrected chi connectivity index (χ1v) is 24.3. The number of carbonyl (C=O) groups is 2. The Morgan fingerprint density at radius 2 is 0.966 bits per heavy atom.